The fourth-order valence-electron chi connectivity index (χ4n) is 2.86. The number of phenols is 1. The second-order valence-corrected chi connectivity index (χ2v) is 7.42. The molecule has 3 rings (SSSR count). The number of amides is 1. The molecule has 9 nitrogen and oxygen atoms in total. The first-order valence-electron chi connectivity index (χ1n) is 7.87. The van der Waals surface area contributed by atoms with Crippen LogP contribution in [0.2, 0.25) is 0 Å². The molecule has 0 aliphatic heterocycles. The topological polar surface area (TPSA) is 147 Å². The minimum absolute atomic E-state index is 0.109. The third-order valence-electron chi connectivity index (χ3n) is 4.12. The minimum Gasteiger partial charge on any atom is -0.508 e. The molecule has 0 aliphatic rings. The minimum atomic E-state index is -4.60. The zero-order valence-electron chi connectivity index (χ0n) is 14.4. The van der Waals surface area contributed by atoms with E-state index in [4.69, 9.17) is 0 Å². The van der Waals surface area contributed by atoms with Gasteiger partial charge in [0, 0.05) is 39.7 Å². The summed E-state index contributed by atoms with van der Waals surface area (Å²) < 4.78 is 32.5. The van der Waals surface area contributed by atoms with Gasteiger partial charge in [0.1, 0.15) is 10.6 Å². The monoisotopic (exact) mass is 402 g/mol. The maximum atomic E-state index is 12.5. The van der Waals surface area contributed by atoms with E-state index < -0.39 is 31.6 Å². The molecule has 0 bridgehead atoms. The van der Waals surface area contributed by atoms with Gasteiger partial charge in [-0.1, -0.05) is 12.1 Å². The summed E-state index contributed by atoms with van der Waals surface area (Å²) in [6.45, 7) is 1.50. The largest absolute Gasteiger partial charge is 0.508 e. The molecule has 0 heterocycles. The SMILES string of the molecule is Cc1cc(C(=O)Nc2cccc3c(S(=O)(=O)O)cc(O)cc23)ccc1[N+](=O)[O-]. The smallest absolute Gasteiger partial charge is 0.295 e. The lowest BCUT2D eigenvalue weighted by atomic mass is 10.1. The van der Waals surface area contributed by atoms with E-state index in [9.17, 15) is 33.0 Å². The molecule has 0 aliphatic carbocycles. The summed E-state index contributed by atoms with van der Waals surface area (Å²) in [5, 5.41) is 23.6. The Morgan fingerprint density at radius 2 is 1.82 bits per heavy atom. The Balaban J connectivity index is 2.06. The van der Waals surface area contributed by atoms with E-state index in [0.717, 1.165) is 6.07 Å². The van der Waals surface area contributed by atoms with Crippen molar-refractivity contribution >= 4 is 38.2 Å². The van der Waals surface area contributed by atoms with E-state index in [2.05, 4.69) is 5.32 Å². The predicted octanol–water partition coefficient (Wildman–Crippen LogP) is 3.26. The van der Waals surface area contributed by atoms with Crippen LogP contribution in [0, 0.1) is 17.0 Å². The molecule has 0 fully saturated rings. The number of hydrogen-bond acceptors (Lipinski definition) is 6. The summed E-state index contributed by atoms with van der Waals surface area (Å²) in [6, 6.07) is 10.4. The number of rotatable bonds is 4. The van der Waals surface area contributed by atoms with Gasteiger partial charge in [-0.15, -0.1) is 0 Å². The van der Waals surface area contributed by atoms with Crippen LogP contribution in [-0.2, 0) is 10.1 Å². The summed E-state index contributed by atoms with van der Waals surface area (Å²) in [6.07, 6.45) is 0. The van der Waals surface area contributed by atoms with Crippen LogP contribution in [0.15, 0.2) is 53.4 Å². The van der Waals surface area contributed by atoms with Crippen LogP contribution in [0.3, 0.4) is 0 Å². The van der Waals surface area contributed by atoms with Gasteiger partial charge in [-0.25, -0.2) is 0 Å². The number of hydrogen-bond donors (Lipinski definition) is 3. The molecule has 0 saturated heterocycles. The van der Waals surface area contributed by atoms with Crippen molar-refractivity contribution in [2.45, 2.75) is 11.8 Å². The number of anilines is 1. The van der Waals surface area contributed by atoms with Gasteiger partial charge in [-0.3, -0.25) is 19.5 Å². The van der Waals surface area contributed by atoms with Gasteiger partial charge in [0.2, 0.25) is 0 Å². The Bertz CT molecular complexity index is 1240. The van der Waals surface area contributed by atoms with Crippen LogP contribution in [-0.4, -0.2) is 28.9 Å². The van der Waals surface area contributed by atoms with Crippen LogP contribution < -0.4 is 5.32 Å². The van der Waals surface area contributed by atoms with Gasteiger partial charge < -0.3 is 10.4 Å². The van der Waals surface area contributed by atoms with Gasteiger partial charge in [0.15, 0.2) is 0 Å². The molecular weight excluding hydrogens is 388 g/mol. The lowest BCUT2D eigenvalue weighted by Crippen LogP contribution is -2.13. The molecule has 0 aromatic heterocycles. The molecule has 144 valence electrons. The van der Waals surface area contributed by atoms with Crippen LogP contribution in [0.5, 0.6) is 5.75 Å². The first kappa shape index (κ1) is 19.3. The second kappa shape index (κ2) is 6.91. The first-order valence-corrected chi connectivity index (χ1v) is 9.31. The van der Waals surface area contributed by atoms with Gasteiger partial charge in [-0.05, 0) is 31.2 Å². The molecule has 0 saturated carbocycles. The zero-order valence-corrected chi connectivity index (χ0v) is 15.2. The standard InChI is InChI=1S/C18H14N2O7S/c1-10-7-11(5-6-16(10)20(23)24)18(22)19-15-4-2-3-13-14(15)8-12(21)9-17(13)28(25,26)27/h2-9,21H,1H3,(H,19,22)(H,25,26,27). The van der Waals surface area contributed by atoms with Gasteiger partial charge in [0.05, 0.1) is 4.92 Å². The Kier molecular flexibility index (Phi) is 4.75. The van der Waals surface area contributed by atoms with Crippen molar-refractivity contribution in [3.63, 3.8) is 0 Å². The number of carbonyl (C=O) groups is 1. The van der Waals surface area contributed by atoms with Crippen molar-refractivity contribution in [2.75, 3.05) is 5.32 Å². The number of aromatic hydroxyl groups is 1. The third kappa shape index (κ3) is 3.63. The number of carbonyl (C=O) groups excluding carboxylic acids is 1. The first-order chi connectivity index (χ1) is 13.1. The molecule has 0 spiro atoms. The number of nitrogens with zero attached hydrogens (tertiary/aromatic N) is 1. The van der Waals surface area contributed by atoms with Crippen LogP contribution >= 0.6 is 0 Å². The van der Waals surface area contributed by atoms with E-state index in [1.807, 2.05) is 0 Å². The van der Waals surface area contributed by atoms with Crippen LogP contribution in [0.4, 0.5) is 11.4 Å². The predicted molar refractivity (Wildman–Crippen MR) is 101 cm³/mol. The second-order valence-electron chi connectivity index (χ2n) is 6.03. The molecule has 0 atom stereocenters. The van der Waals surface area contributed by atoms with Crippen molar-refractivity contribution in [1.82, 2.24) is 0 Å². The molecular formula is C18H14N2O7S. The van der Waals surface area contributed by atoms with Crippen LogP contribution in [0.25, 0.3) is 10.8 Å². The number of nitro benzene ring substituents is 1. The van der Waals surface area contributed by atoms with Crippen LogP contribution in [0.1, 0.15) is 15.9 Å². The fourth-order valence-corrected chi connectivity index (χ4v) is 3.58. The highest BCUT2D eigenvalue weighted by atomic mass is 32.2. The molecule has 10 heteroatoms. The van der Waals surface area contributed by atoms with Crippen molar-refractivity contribution in [3.8, 4) is 5.75 Å². The summed E-state index contributed by atoms with van der Waals surface area (Å²) in [7, 11) is -4.60. The molecule has 28 heavy (non-hydrogen) atoms. The van der Waals surface area contributed by atoms with E-state index in [-0.39, 0.29) is 27.7 Å². The molecule has 0 unspecified atom stereocenters. The summed E-state index contributed by atoms with van der Waals surface area (Å²) in [4.78, 5) is 22.4. The summed E-state index contributed by atoms with van der Waals surface area (Å²) in [5.74, 6) is -0.991. The number of benzene rings is 3. The molecule has 1 amide bonds. The van der Waals surface area contributed by atoms with Crippen molar-refractivity contribution in [3.05, 3.63) is 69.8 Å². The third-order valence-corrected chi connectivity index (χ3v) is 5.02. The molecule has 3 N–H and O–H groups in total. The maximum Gasteiger partial charge on any atom is 0.295 e. The van der Waals surface area contributed by atoms with E-state index >= 15 is 0 Å². The van der Waals surface area contributed by atoms with Gasteiger partial charge in [-0.2, -0.15) is 8.42 Å². The number of nitro groups is 1. The number of phenolic OH excluding ortho intramolecular Hbond substituents is 1. The average molecular weight is 402 g/mol. The van der Waals surface area contributed by atoms with Gasteiger partial charge in [0.25, 0.3) is 21.7 Å². The van der Waals surface area contributed by atoms with E-state index in [1.54, 1.807) is 0 Å². The van der Waals surface area contributed by atoms with Crippen molar-refractivity contribution in [1.29, 1.82) is 0 Å². The number of aryl methyl sites for hydroxylation is 1. The molecule has 0 radical (unpaired) electrons. The van der Waals surface area contributed by atoms with Crippen molar-refractivity contribution in [2.24, 2.45) is 0 Å². The number of fused-ring (bicyclic) bond motifs is 1. The highest BCUT2D eigenvalue weighted by Crippen LogP contribution is 2.33. The Morgan fingerprint density at radius 3 is 2.43 bits per heavy atom. The highest BCUT2D eigenvalue weighted by molar-refractivity contribution is 7.86. The van der Waals surface area contributed by atoms with E-state index in [0.29, 0.717) is 5.56 Å². The Morgan fingerprint density at radius 1 is 1.11 bits per heavy atom. The Hall–Kier alpha value is -3.50. The maximum absolute atomic E-state index is 12.5. The zero-order chi connectivity index (χ0) is 20.6. The Labute approximate surface area is 159 Å². The quantitative estimate of drug-likeness (QED) is 0.345. The fraction of sp³-hybridized carbons (Fsp3) is 0.0556. The lowest BCUT2D eigenvalue weighted by Gasteiger charge is -2.12. The molecule has 3 aromatic carbocycles. The average Bonchev–Trinajstić information content (AvgIpc) is 2.60. The van der Waals surface area contributed by atoms with Gasteiger partial charge >= 0.3 is 0 Å². The normalized spacial score (nSPS) is 11.4. The summed E-state index contributed by atoms with van der Waals surface area (Å²) in [5.41, 5.74) is 0.542. The highest BCUT2D eigenvalue weighted by Gasteiger charge is 2.19. The lowest BCUT2D eigenvalue weighted by molar-refractivity contribution is -0.385. The van der Waals surface area contributed by atoms with E-state index in [1.165, 1.54) is 49.4 Å². The van der Waals surface area contributed by atoms with Crippen molar-refractivity contribution < 1.29 is 27.8 Å². The molecule has 3 aromatic rings. The number of nitrogens with one attached hydrogen (secondary N) is 1. The summed E-state index contributed by atoms with van der Waals surface area (Å²) >= 11 is 0.